The Balaban J connectivity index is 1.67. The van der Waals surface area contributed by atoms with E-state index in [2.05, 4.69) is 0 Å². The SMILES string of the molecule is NC(=O)COc1ccc(C(=O)N2CCOC(c3ccc(F)c(F)c3)C2)cc1. The maximum Gasteiger partial charge on any atom is 0.255 e. The molecule has 0 spiro atoms. The van der Waals surface area contributed by atoms with Crippen LogP contribution < -0.4 is 10.5 Å². The summed E-state index contributed by atoms with van der Waals surface area (Å²) in [7, 11) is 0. The van der Waals surface area contributed by atoms with Crippen molar-refractivity contribution in [3.05, 3.63) is 65.2 Å². The van der Waals surface area contributed by atoms with Gasteiger partial charge in [-0.15, -0.1) is 0 Å². The summed E-state index contributed by atoms with van der Waals surface area (Å²) in [5, 5.41) is 0. The normalized spacial score (nSPS) is 16.8. The number of benzene rings is 2. The van der Waals surface area contributed by atoms with Gasteiger partial charge in [0.15, 0.2) is 18.2 Å². The standard InChI is InChI=1S/C19H18F2N2O4/c20-15-6-3-13(9-16(15)21)17-10-23(7-8-26-17)19(25)12-1-4-14(5-2-12)27-11-18(22)24/h1-6,9,17H,7-8,10-11H2,(H2,22,24). The second-order valence-electron chi connectivity index (χ2n) is 6.06. The fourth-order valence-corrected chi connectivity index (χ4v) is 2.78. The third-order valence-electron chi connectivity index (χ3n) is 4.15. The number of hydrogen-bond donors (Lipinski definition) is 1. The Hall–Kier alpha value is -3.00. The smallest absolute Gasteiger partial charge is 0.255 e. The van der Waals surface area contributed by atoms with Crippen molar-refractivity contribution in [1.82, 2.24) is 4.90 Å². The first-order valence-electron chi connectivity index (χ1n) is 8.31. The number of nitrogens with zero attached hydrogens (tertiary/aromatic N) is 1. The highest BCUT2D eigenvalue weighted by atomic mass is 19.2. The van der Waals surface area contributed by atoms with Crippen molar-refractivity contribution in [2.24, 2.45) is 5.73 Å². The van der Waals surface area contributed by atoms with Crippen molar-refractivity contribution in [2.45, 2.75) is 6.10 Å². The Morgan fingerprint density at radius 1 is 1.15 bits per heavy atom. The van der Waals surface area contributed by atoms with E-state index in [0.717, 1.165) is 12.1 Å². The maximum absolute atomic E-state index is 13.5. The van der Waals surface area contributed by atoms with Gasteiger partial charge >= 0.3 is 0 Å². The maximum atomic E-state index is 13.5. The van der Waals surface area contributed by atoms with Crippen LogP contribution in [0.3, 0.4) is 0 Å². The predicted molar refractivity (Wildman–Crippen MR) is 92.1 cm³/mol. The van der Waals surface area contributed by atoms with E-state index in [4.69, 9.17) is 15.2 Å². The Bertz CT molecular complexity index is 842. The number of primary amides is 1. The quantitative estimate of drug-likeness (QED) is 0.866. The van der Waals surface area contributed by atoms with Gasteiger partial charge in [-0.3, -0.25) is 9.59 Å². The van der Waals surface area contributed by atoms with Crippen LogP contribution in [0.25, 0.3) is 0 Å². The number of halogens is 2. The second kappa shape index (κ2) is 8.13. The average Bonchev–Trinajstić information content (AvgIpc) is 2.68. The van der Waals surface area contributed by atoms with E-state index in [9.17, 15) is 18.4 Å². The van der Waals surface area contributed by atoms with Gasteiger partial charge in [-0.25, -0.2) is 8.78 Å². The van der Waals surface area contributed by atoms with Gasteiger partial charge in [0.05, 0.1) is 13.2 Å². The summed E-state index contributed by atoms with van der Waals surface area (Å²) >= 11 is 0. The highest BCUT2D eigenvalue weighted by Crippen LogP contribution is 2.25. The molecule has 2 aromatic rings. The van der Waals surface area contributed by atoms with Crippen LogP contribution in [-0.2, 0) is 9.53 Å². The zero-order valence-electron chi connectivity index (χ0n) is 14.4. The summed E-state index contributed by atoms with van der Waals surface area (Å²) in [5.74, 6) is -2.27. The van der Waals surface area contributed by atoms with Gasteiger partial charge in [-0.2, -0.15) is 0 Å². The molecule has 1 aliphatic rings. The van der Waals surface area contributed by atoms with E-state index < -0.39 is 23.6 Å². The molecule has 27 heavy (non-hydrogen) atoms. The van der Waals surface area contributed by atoms with Crippen molar-refractivity contribution in [3.8, 4) is 5.75 Å². The summed E-state index contributed by atoms with van der Waals surface area (Å²) < 4.78 is 37.3. The lowest BCUT2D eigenvalue weighted by atomic mass is 10.1. The fourth-order valence-electron chi connectivity index (χ4n) is 2.78. The number of ether oxygens (including phenoxy) is 2. The van der Waals surface area contributed by atoms with E-state index in [1.165, 1.54) is 6.07 Å². The highest BCUT2D eigenvalue weighted by molar-refractivity contribution is 5.94. The number of morpholine rings is 1. The molecule has 0 saturated carbocycles. The van der Waals surface area contributed by atoms with Gasteiger partial charge in [0.2, 0.25) is 0 Å². The molecular weight excluding hydrogens is 358 g/mol. The zero-order chi connectivity index (χ0) is 19.4. The topological polar surface area (TPSA) is 81.9 Å². The van der Waals surface area contributed by atoms with Crippen LogP contribution >= 0.6 is 0 Å². The number of amides is 2. The number of nitrogens with two attached hydrogens (primary N) is 1. The number of hydrogen-bond acceptors (Lipinski definition) is 4. The minimum atomic E-state index is -0.953. The predicted octanol–water partition coefficient (Wildman–Crippen LogP) is 2.04. The number of carbonyl (C=O) groups is 2. The number of rotatable bonds is 5. The number of carbonyl (C=O) groups excluding carboxylic acids is 2. The molecule has 6 nitrogen and oxygen atoms in total. The average molecular weight is 376 g/mol. The molecular formula is C19H18F2N2O4. The summed E-state index contributed by atoms with van der Waals surface area (Å²) in [6.45, 7) is 0.657. The first-order valence-corrected chi connectivity index (χ1v) is 8.31. The molecule has 0 radical (unpaired) electrons. The molecule has 2 amide bonds. The molecule has 0 aromatic heterocycles. The molecule has 1 unspecified atom stereocenters. The van der Waals surface area contributed by atoms with Gasteiger partial charge in [-0.05, 0) is 42.0 Å². The van der Waals surface area contributed by atoms with Crippen LogP contribution in [0, 0.1) is 11.6 Å². The van der Waals surface area contributed by atoms with Crippen LogP contribution in [0.5, 0.6) is 5.75 Å². The van der Waals surface area contributed by atoms with E-state index >= 15 is 0 Å². The molecule has 1 heterocycles. The summed E-state index contributed by atoms with van der Waals surface area (Å²) in [5.41, 5.74) is 5.92. The summed E-state index contributed by atoms with van der Waals surface area (Å²) in [4.78, 5) is 25.0. The van der Waals surface area contributed by atoms with Crippen molar-refractivity contribution in [2.75, 3.05) is 26.3 Å². The van der Waals surface area contributed by atoms with Gasteiger partial charge < -0.3 is 20.1 Å². The molecule has 1 atom stereocenters. The third-order valence-corrected chi connectivity index (χ3v) is 4.15. The van der Waals surface area contributed by atoms with Gasteiger partial charge in [0.25, 0.3) is 11.8 Å². The second-order valence-corrected chi connectivity index (χ2v) is 6.06. The molecule has 0 aliphatic carbocycles. The third kappa shape index (κ3) is 4.59. The minimum Gasteiger partial charge on any atom is -0.484 e. The van der Waals surface area contributed by atoms with Crippen LogP contribution in [0.15, 0.2) is 42.5 Å². The summed E-state index contributed by atoms with van der Waals surface area (Å²) in [6.07, 6.45) is -0.532. The van der Waals surface area contributed by atoms with E-state index in [0.29, 0.717) is 23.4 Å². The molecule has 142 valence electrons. The monoisotopic (exact) mass is 376 g/mol. The molecule has 2 aromatic carbocycles. The Kier molecular flexibility index (Phi) is 5.66. The molecule has 8 heteroatoms. The Morgan fingerprint density at radius 2 is 1.89 bits per heavy atom. The zero-order valence-corrected chi connectivity index (χ0v) is 14.4. The minimum absolute atomic E-state index is 0.215. The fraction of sp³-hybridized carbons (Fsp3) is 0.263. The van der Waals surface area contributed by atoms with Crippen molar-refractivity contribution < 1.29 is 27.8 Å². The van der Waals surface area contributed by atoms with Gasteiger partial charge in [0.1, 0.15) is 11.9 Å². The molecule has 3 rings (SSSR count). The molecule has 1 fully saturated rings. The highest BCUT2D eigenvalue weighted by Gasteiger charge is 2.26. The first kappa shape index (κ1) is 18.8. The van der Waals surface area contributed by atoms with Crippen molar-refractivity contribution in [1.29, 1.82) is 0 Å². The van der Waals surface area contributed by atoms with Crippen LogP contribution in [-0.4, -0.2) is 43.0 Å². The molecule has 1 aliphatic heterocycles. The molecule has 1 saturated heterocycles. The van der Waals surface area contributed by atoms with Gasteiger partial charge in [0, 0.05) is 12.1 Å². The van der Waals surface area contributed by atoms with Crippen molar-refractivity contribution in [3.63, 3.8) is 0 Å². The van der Waals surface area contributed by atoms with Crippen molar-refractivity contribution >= 4 is 11.8 Å². The Morgan fingerprint density at radius 3 is 2.56 bits per heavy atom. The molecule has 2 N–H and O–H groups in total. The Labute approximate surface area is 154 Å². The van der Waals surface area contributed by atoms with Crippen LogP contribution in [0.1, 0.15) is 22.0 Å². The first-order chi connectivity index (χ1) is 12.9. The van der Waals surface area contributed by atoms with Gasteiger partial charge in [-0.1, -0.05) is 6.07 Å². The van der Waals surface area contributed by atoms with Crippen LogP contribution in [0.2, 0.25) is 0 Å². The lowest BCUT2D eigenvalue weighted by Gasteiger charge is -2.33. The lowest BCUT2D eigenvalue weighted by Crippen LogP contribution is -2.42. The van der Waals surface area contributed by atoms with E-state index in [1.807, 2.05) is 0 Å². The largest absolute Gasteiger partial charge is 0.484 e. The van der Waals surface area contributed by atoms with E-state index in [-0.39, 0.29) is 25.7 Å². The van der Waals surface area contributed by atoms with Crippen LogP contribution in [0.4, 0.5) is 8.78 Å². The van der Waals surface area contributed by atoms with E-state index in [1.54, 1.807) is 29.2 Å². The lowest BCUT2D eigenvalue weighted by molar-refractivity contribution is -0.119. The summed E-state index contributed by atoms with van der Waals surface area (Å²) in [6, 6.07) is 9.88. The molecule has 0 bridgehead atoms.